The van der Waals surface area contributed by atoms with E-state index in [4.69, 9.17) is 18.5 Å². The van der Waals surface area contributed by atoms with Gasteiger partial charge in [-0.3, -0.25) is 13.8 Å². The minimum absolute atomic E-state index is 0.0788. The lowest BCUT2D eigenvalue weighted by Crippen LogP contribution is -2.37. The Balaban J connectivity index is 4.25. The van der Waals surface area contributed by atoms with Crippen LogP contribution in [0.5, 0.6) is 0 Å². The quantitative estimate of drug-likeness (QED) is 0.0214. The molecule has 0 aromatic heterocycles. The molecule has 0 fully saturated rings. The van der Waals surface area contributed by atoms with Gasteiger partial charge in [-0.25, -0.2) is 4.57 Å². The van der Waals surface area contributed by atoms with Gasteiger partial charge in [0, 0.05) is 13.0 Å². The van der Waals surface area contributed by atoms with E-state index in [-0.39, 0.29) is 25.8 Å². The number of esters is 1. The lowest BCUT2D eigenvalue weighted by Gasteiger charge is -2.24. The van der Waals surface area contributed by atoms with Crippen LogP contribution < -0.4 is 0 Å². The number of rotatable bonds is 44. The van der Waals surface area contributed by atoms with Crippen molar-refractivity contribution in [3.05, 3.63) is 85.1 Å². The zero-order valence-electron chi connectivity index (χ0n) is 39.9. The number of nitrogens with zero attached hydrogens (tertiary/aromatic N) is 1. The van der Waals surface area contributed by atoms with E-state index in [2.05, 4.69) is 98.9 Å². The van der Waals surface area contributed by atoms with E-state index in [9.17, 15) is 14.3 Å². The van der Waals surface area contributed by atoms with Gasteiger partial charge in [-0.1, -0.05) is 170 Å². The Morgan fingerprint density at radius 3 is 1.43 bits per heavy atom. The van der Waals surface area contributed by atoms with E-state index >= 15 is 0 Å². The summed E-state index contributed by atoms with van der Waals surface area (Å²) in [4.78, 5) is 23.0. The fourth-order valence-electron chi connectivity index (χ4n) is 6.20. The number of allylic oxidation sites excluding steroid dienone is 14. The normalized spacial score (nSPS) is 14.4. The maximum Gasteiger partial charge on any atom is 0.472 e. The lowest BCUT2D eigenvalue weighted by molar-refractivity contribution is -0.870. The molecule has 0 saturated carbocycles. The topological polar surface area (TPSA) is 91.3 Å². The van der Waals surface area contributed by atoms with Crippen molar-refractivity contribution in [2.24, 2.45) is 0 Å². The van der Waals surface area contributed by atoms with E-state index in [1.54, 1.807) is 0 Å². The van der Waals surface area contributed by atoms with Crippen molar-refractivity contribution in [1.82, 2.24) is 0 Å². The van der Waals surface area contributed by atoms with Crippen LogP contribution >= 0.6 is 7.82 Å². The van der Waals surface area contributed by atoms with Crippen molar-refractivity contribution in [3.8, 4) is 0 Å². The van der Waals surface area contributed by atoms with E-state index < -0.39 is 13.9 Å². The van der Waals surface area contributed by atoms with Crippen LogP contribution in [-0.4, -0.2) is 75.6 Å². The summed E-state index contributed by atoms with van der Waals surface area (Å²) in [6.07, 6.45) is 59.0. The number of hydrogen-bond donors (Lipinski definition) is 1. The molecule has 61 heavy (non-hydrogen) atoms. The molecular weight excluding hydrogens is 782 g/mol. The second-order valence-electron chi connectivity index (χ2n) is 17.1. The van der Waals surface area contributed by atoms with E-state index in [1.165, 1.54) is 70.6 Å². The molecule has 0 saturated heterocycles. The first-order valence-electron chi connectivity index (χ1n) is 24.3. The number of unbranched alkanes of at least 4 members (excludes halogenated alkanes) is 16. The van der Waals surface area contributed by atoms with Crippen LogP contribution in [0.25, 0.3) is 0 Å². The Morgan fingerprint density at radius 2 is 0.951 bits per heavy atom. The van der Waals surface area contributed by atoms with Crippen LogP contribution in [0.2, 0.25) is 0 Å². The molecule has 0 bridgehead atoms. The van der Waals surface area contributed by atoms with Gasteiger partial charge in [-0.15, -0.1) is 0 Å². The van der Waals surface area contributed by atoms with E-state index in [1.807, 2.05) is 21.1 Å². The van der Waals surface area contributed by atoms with Crippen molar-refractivity contribution >= 4 is 13.8 Å². The van der Waals surface area contributed by atoms with Gasteiger partial charge < -0.3 is 18.9 Å². The summed E-state index contributed by atoms with van der Waals surface area (Å²) in [7, 11) is 1.64. The third kappa shape index (κ3) is 48.6. The Kier molecular flexibility index (Phi) is 42.6. The van der Waals surface area contributed by atoms with Gasteiger partial charge in [0.2, 0.25) is 0 Å². The second kappa shape index (κ2) is 44.3. The number of phosphoric acid groups is 1. The number of ether oxygens (including phenoxy) is 2. The molecule has 9 heteroatoms. The molecule has 0 aliphatic heterocycles. The summed E-state index contributed by atoms with van der Waals surface area (Å²) in [6.45, 7) is 5.42. The Morgan fingerprint density at radius 1 is 0.525 bits per heavy atom. The Hall–Kier alpha value is -2.32. The molecule has 0 aliphatic carbocycles. The summed E-state index contributed by atoms with van der Waals surface area (Å²) in [6, 6.07) is 0. The lowest BCUT2D eigenvalue weighted by atomic mass is 10.1. The molecule has 0 aromatic rings. The summed E-state index contributed by atoms with van der Waals surface area (Å²) < 4.78 is 35.1. The minimum Gasteiger partial charge on any atom is -0.457 e. The van der Waals surface area contributed by atoms with Gasteiger partial charge in [-0.05, 0) is 89.9 Å². The number of carbonyl (C=O) groups excluding carboxylic acids is 1. The summed E-state index contributed by atoms with van der Waals surface area (Å²) in [5, 5.41) is 0. The molecule has 1 N–H and O–H groups in total. The highest BCUT2D eigenvalue weighted by atomic mass is 31.2. The first-order valence-corrected chi connectivity index (χ1v) is 25.8. The average molecular weight is 875 g/mol. The monoisotopic (exact) mass is 875 g/mol. The largest absolute Gasteiger partial charge is 0.472 e. The third-order valence-electron chi connectivity index (χ3n) is 9.94. The standard InChI is InChI=1S/C52H92NO7P/c1-6-8-10-12-14-16-18-20-22-24-26-28-30-32-34-36-38-40-42-44-47-57-49-51(50-59-61(55,56)58-48-46-53(3,4)5)60-52(54)45-43-41-39-37-35-33-31-29-27-25-23-21-19-17-15-13-11-9-7-2/h8,10,14-17,20-23,26-29,51H,6-7,9,11-13,18-19,24-25,30-50H2,1-5H3/p+1/b10-8-,16-14-,17-15-,22-20-,23-21-,28-26-,29-27-. The van der Waals surface area contributed by atoms with E-state index in [0.717, 1.165) is 89.9 Å². The second-order valence-corrected chi connectivity index (χ2v) is 18.6. The molecule has 0 radical (unpaired) electrons. The fraction of sp³-hybridized carbons (Fsp3) is 0.712. The van der Waals surface area contributed by atoms with Crippen LogP contribution in [0.4, 0.5) is 0 Å². The predicted molar refractivity (Wildman–Crippen MR) is 261 cm³/mol. The van der Waals surface area contributed by atoms with Crippen LogP contribution in [0.15, 0.2) is 85.1 Å². The maximum absolute atomic E-state index is 12.7. The molecular formula is C52H93NO7P+. The highest BCUT2D eigenvalue weighted by Crippen LogP contribution is 2.43. The molecule has 0 spiro atoms. The SMILES string of the molecule is CC/C=C\C/C=C\C/C=C\C/C=C\CCCCCCCCCOCC(COP(=O)(O)OCC[N+](C)(C)C)OC(=O)CCCCCCCC/C=C\C/C=C\C/C=C\CCCCC. The van der Waals surface area contributed by atoms with E-state index in [0.29, 0.717) is 24.1 Å². The first-order chi connectivity index (χ1) is 29.6. The molecule has 8 nitrogen and oxygen atoms in total. The Bertz CT molecular complexity index is 1250. The molecule has 0 rings (SSSR count). The van der Waals surface area contributed by atoms with Crippen molar-refractivity contribution in [1.29, 1.82) is 0 Å². The van der Waals surface area contributed by atoms with Crippen molar-refractivity contribution in [2.75, 3.05) is 54.1 Å². The third-order valence-corrected chi connectivity index (χ3v) is 10.9. The van der Waals surface area contributed by atoms with Gasteiger partial charge in [-0.2, -0.15) is 0 Å². The number of phosphoric ester groups is 1. The van der Waals surface area contributed by atoms with Crippen LogP contribution in [0, 0.1) is 0 Å². The molecule has 2 unspecified atom stereocenters. The summed E-state index contributed by atoms with van der Waals surface area (Å²) >= 11 is 0. The number of likely N-dealkylation sites (N-methyl/N-ethyl adjacent to an activating group) is 1. The minimum atomic E-state index is -4.29. The fourth-order valence-corrected chi connectivity index (χ4v) is 6.94. The molecule has 0 aromatic carbocycles. The van der Waals surface area contributed by atoms with Crippen molar-refractivity contribution < 1.29 is 37.3 Å². The maximum atomic E-state index is 12.7. The van der Waals surface area contributed by atoms with Gasteiger partial charge in [0.1, 0.15) is 19.3 Å². The molecule has 0 heterocycles. The highest BCUT2D eigenvalue weighted by Gasteiger charge is 2.26. The van der Waals surface area contributed by atoms with Crippen molar-refractivity contribution in [3.63, 3.8) is 0 Å². The summed E-state index contributed by atoms with van der Waals surface area (Å²) in [5.74, 6) is -0.333. The number of quaternary nitrogens is 1. The van der Waals surface area contributed by atoms with Crippen molar-refractivity contribution in [2.45, 2.75) is 187 Å². The molecule has 2 atom stereocenters. The average Bonchev–Trinajstić information content (AvgIpc) is 3.22. The van der Waals surface area contributed by atoms with Gasteiger partial charge >= 0.3 is 13.8 Å². The molecule has 0 aliphatic rings. The number of carbonyl (C=O) groups is 1. The predicted octanol–water partition coefficient (Wildman–Crippen LogP) is 14.8. The van der Waals surface area contributed by atoms with Crippen LogP contribution in [0.1, 0.15) is 181 Å². The first kappa shape index (κ1) is 58.7. The van der Waals surface area contributed by atoms with Crippen LogP contribution in [-0.2, 0) is 27.9 Å². The number of hydrogen-bond acceptors (Lipinski definition) is 6. The zero-order valence-corrected chi connectivity index (χ0v) is 40.8. The smallest absolute Gasteiger partial charge is 0.457 e. The molecule has 0 amide bonds. The van der Waals surface area contributed by atoms with Gasteiger partial charge in [0.25, 0.3) is 0 Å². The van der Waals surface area contributed by atoms with Gasteiger partial charge in [0.15, 0.2) is 0 Å². The zero-order chi connectivity index (χ0) is 44.8. The summed E-state index contributed by atoms with van der Waals surface area (Å²) in [5.41, 5.74) is 0. The van der Waals surface area contributed by atoms with Crippen LogP contribution in [0.3, 0.4) is 0 Å². The highest BCUT2D eigenvalue weighted by molar-refractivity contribution is 7.47. The van der Waals surface area contributed by atoms with Gasteiger partial charge in [0.05, 0.1) is 34.4 Å². The molecule has 352 valence electrons. The Labute approximate surface area is 375 Å².